The second-order valence-electron chi connectivity index (χ2n) is 6.30. The molecule has 1 aromatic carbocycles. The molecule has 0 aliphatic carbocycles. The average Bonchev–Trinajstić information content (AvgIpc) is 2.67. The van der Waals surface area contributed by atoms with Crippen LogP contribution in [0.2, 0.25) is 0 Å². The highest BCUT2D eigenvalue weighted by atomic mass is 16.5. The monoisotopic (exact) mass is 347 g/mol. The van der Waals surface area contributed by atoms with Crippen molar-refractivity contribution in [3.8, 4) is 5.75 Å². The maximum Gasteiger partial charge on any atom is 0.242 e. The van der Waals surface area contributed by atoms with Crippen LogP contribution in [-0.2, 0) is 9.59 Å². The Morgan fingerprint density at radius 1 is 1.08 bits per heavy atom. The summed E-state index contributed by atoms with van der Waals surface area (Å²) in [6.07, 6.45) is 1.61. The molecular weight excluding hydrogens is 318 g/mol. The van der Waals surface area contributed by atoms with Gasteiger partial charge in [-0.05, 0) is 37.1 Å². The van der Waals surface area contributed by atoms with Gasteiger partial charge in [0.2, 0.25) is 11.8 Å². The highest BCUT2D eigenvalue weighted by molar-refractivity contribution is 5.86. The lowest BCUT2D eigenvalue weighted by Crippen LogP contribution is -2.51. The third-order valence-corrected chi connectivity index (χ3v) is 4.84. The Hall–Kier alpha value is -2.24. The summed E-state index contributed by atoms with van der Waals surface area (Å²) in [7, 11) is 1.65. The lowest BCUT2D eigenvalue weighted by atomic mass is 10.0. The molecule has 1 fully saturated rings. The molecule has 1 aromatic rings. The lowest BCUT2D eigenvalue weighted by Gasteiger charge is -2.36. The van der Waals surface area contributed by atoms with E-state index in [0.29, 0.717) is 13.1 Å². The summed E-state index contributed by atoms with van der Waals surface area (Å²) >= 11 is 0. The average molecular weight is 347 g/mol. The van der Waals surface area contributed by atoms with E-state index in [1.165, 1.54) is 0 Å². The fourth-order valence-corrected chi connectivity index (χ4v) is 3.09. The Morgan fingerprint density at radius 3 is 2.20 bits per heavy atom. The van der Waals surface area contributed by atoms with Crippen LogP contribution in [0.25, 0.3) is 0 Å². The van der Waals surface area contributed by atoms with Crippen LogP contribution < -0.4 is 15.0 Å². The minimum absolute atomic E-state index is 0.000260. The van der Waals surface area contributed by atoms with Crippen LogP contribution in [-0.4, -0.2) is 56.5 Å². The SMILES string of the molecule is CCC(CC)C(=O)NCC(=O)N1CCN(c2ccc(OC)cc2)CC1. The van der Waals surface area contributed by atoms with Crippen LogP contribution in [0.15, 0.2) is 24.3 Å². The Morgan fingerprint density at radius 2 is 1.68 bits per heavy atom. The predicted molar refractivity (Wildman–Crippen MR) is 98.9 cm³/mol. The number of carbonyl (C=O) groups is 2. The molecule has 2 amide bonds. The van der Waals surface area contributed by atoms with Gasteiger partial charge < -0.3 is 19.9 Å². The molecule has 6 nitrogen and oxygen atoms in total. The van der Waals surface area contributed by atoms with Gasteiger partial charge in [-0.25, -0.2) is 0 Å². The molecule has 0 unspecified atom stereocenters. The van der Waals surface area contributed by atoms with E-state index in [4.69, 9.17) is 4.74 Å². The number of amides is 2. The molecule has 1 N–H and O–H groups in total. The van der Waals surface area contributed by atoms with Crippen molar-refractivity contribution in [3.63, 3.8) is 0 Å². The number of anilines is 1. The van der Waals surface area contributed by atoms with Crippen molar-refractivity contribution in [3.05, 3.63) is 24.3 Å². The fraction of sp³-hybridized carbons (Fsp3) is 0.579. The Labute approximate surface area is 150 Å². The van der Waals surface area contributed by atoms with Crippen molar-refractivity contribution < 1.29 is 14.3 Å². The van der Waals surface area contributed by atoms with E-state index < -0.39 is 0 Å². The molecule has 0 aromatic heterocycles. The number of hydrogen-bond acceptors (Lipinski definition) is 4. The van der Waals surface area contributed by atoms with Crippen molar-refractivity contribution in [2.24, 2.45) is 5.92 Å². The zero-order chi connectivity index (χ0) is 18.2. The van der Waals surface area contributed by atoms with Gasteiger partial charge in [0.1, 0.15) is 5.75 Å². The lowest BCUT2D eigenvalue weighted by molar-refractivity contribution is -0.134. The van der Waals surface area contributed by atoms with Crippen molar-refractivity contribution in [2.75, 3.05) is 44.7 Å². The van der Waals surface area contributed by atoms with Crippen LogP contribution in [0, 0.1) is 5.92 Å². The van der Waals surface area contributed by atoms with Crippen LogP contribution in [0.5, 0.6) is 5.75 Å². The predicted octanol–water partition coefficient (Wildman–Crippen LogP) is 1.90. The van der Waals surface area contributed by atoms with E-state index in [1.807, 2.05) is 43.0 Å². The van der Waals surface area contributed by atoms with Crippen molar-refractivity contribution in [2.45, 2.75) is 26.7 Å². The minimum atomic E-state index is -0.0183. The first-order valence-corrected chi connectivity index (χ1v) is 9.03. The summed E-state index contributed by atoms with van der Waals surface area (Å²) in [6, 6.07) is 7.96. The maximum absolute atomic E-state index is 12.3. The van der Waals surface area contributed by atoms with Gasteiger partial charge in [0.05, 0.1) is 13.7 Å². The molecule has 138 valence electrons. The van der Waals surface area contributed by atoms with Gasteiger partial charge in [0, 0.05) is 37.8 Å². The molecule has 0 saturated carbocycles. The molecule has 0 atom stereocenters. The number of benzene rings is 1. The topological polar surface area (TPSA) is 61.9 Å². The van der Waals surface area contributed by atoms with Crippen LogP contribution >= 0.6 is 0 Å². The summed E-state index contributed by atoms with van der Waals surface area (Å²) < 4.78 is 5.18. The first-order valence-electron chi connectivity index (χ1n) is 9.03. The van der Waals surface area contributed by atoms with Crippen LogP contribution in [0.1, 0.15) is 26.7 Å². The van der Waals surface area contributed by atoms with Gasteiger partial charge in [-0.15, -0.1) is 0 Å². The first-order chi connectivity index (χ1) is 12.1. The molecule has 0 radical (unpaired) electrons. The third-order valence-electron chi connectivity index (χ3n) is 4.84. The largest absolute Gasteiger partial charge is 0.497 e. The van der Waals surface area contributed by atoms with Gasteiger partial charge >= 0.3 is 0 Å². The van der Waals surface area contributed by atoms with Crippen molar-refractivity contribution >= 4 is 17.5 Å². The standard InChI is InChI=1S/C19H29N3O3/c1-4-15(5-2)19(24)20-14-18(23)22-12-10-21(11-13-22)16-6-8-17(25-3)9-7-16/h6-9,15H,4-5,10-14H2,1-3H3,(H,20,24). The smallest absolute Gasteiger partial charge is 0.242 e. The molecule has 6 heteroatoms. The molecule has 1 aliphatic rings. The molecule has 0 spiro atoms. The summed E-state index contributed by atoms with van der Waals surface area (Å²) in [4.78, 5) is 28.4. The summed E-state index contributed by atoms with van der Waals surface area (Å²) in [5.41, 5.74) is 1.13. The van der Waals surface area contributed by atoms with Gasteiger partial charge in [-0.3, -0.25) is 9.59 Å². The van der Waals surface area contributed by atoms with E-state index in [9.17, 15) is 9.59 Å². The first kappa shape index (κ1) is 19.1. The summed E-state index contributed by atoms with van der Waals surface area (Å²) in [6.45, 7) is 7.01. The van der Waals surface area contributed by atoms with E-state index in [0.717, 1.165) is 37.4 Å². The number of carbonyl (C=O) groups excluding carboxylic acids is 2. The molecule has 25 heavy (non-hydrogen) atoms. The van der Waals surface area contributed by atoms with Crippen molar-refractivity contribution in [1.29, 1.82) is 0 Å². The number of methoxy groups -OCH3 is 1. The number of hydrogen-bond donors (Lipinski definition) is 1. The van der Waals surface area contributed by atoms with Gasteiger partial charge in [-0.1, -0.05) is 13.8 Å². The van der Waals surface area contributed by atoms with Crippen LogP contribution in [0.4, 0.5) is 5.69 Å². The second-order valence-corrected chi connectivity index (χ2v) is 6.30. The Balaban J connectivity index is 1.78. The van der Waals surface area contributed by atoms with Gasteiger partial charge in [-0.2, -0.15) is 0 Å². The van der Waals surface area contributed by atoms with E-state index >= 15 is 0 Å². The van der Waals surface area contributed by atoms with E-state index in [2.05, 4.69) is 10.2 Å². The summed E-state index contributed by atoms with van der Waals surface area (Å²) in [5.74, 6) is 0.814. The molecule has 1 saturated heterocycles. The Kier molecular flexibility index (Phi) is 7.10. The van der Waals surface area contributed by atoms with Crippen molar-refractivity contribution in [1.82, 2.24) is 10.2 Å². The molecule has 1 heterocycles. The number of ether oxygens (including phenoxy) is 1. The molecule has 1 aliphatic heterocycles. The summed E-state index contributed by atoms with van der Waals surface area (Å²) in [5, 5.41) is 2.78. The zero-order valence-electron chi connectivity index (χ0n) is 15.5. The number of piperazine rings is 1. The normalized spacial score (nSPS) is 14.6. The minimum Gasteiger partial charge on any atom is -0.497 e. The second kappa shape index (κ2) is 9.30. The molecule has 0 bridgehead atoms. The highest BCUT2D eigenvalue weighted by Gasteiger charge is 2.22. The highest BCUT2D eigenvalue weighted by Crippen LogP contribution is 2.20. The number of rotatable bonds is 7. The maximum atomic E-state index is 12.3. The van der Waals surface area contributed by atoms with E-state index in [-0.39, 0.29) is 24.3 Å². The molecular formula is C19H29N3O3. The number of nitrogens with zero attached hydrogens (tertiary/aromatic N) is 2. The Bertz CT molecular complexity index is 562. The van der Waals surface area contributed by atoms with Gasteiger partial charge in [0.25, 0.3) is 0 Å². The number of nitrogens with one attached hydrogen (secondary N) is 1. The zero-order valence-corrected chi connectivity index (χ0v) is 15.5. The van der Waals surface area contributed by atoms with E-state index in [1.54, 1.807) is 7.11 Å². The third kappa shape index (κ3) is 5.11. The molecule has 2 rings (SSSR count). The quantitative estimate of drug-likeness (QED) is 0.818. The van der Waals surface area contributed by atoms with Gasteiger partial charge in [0.15, 0.2) is 0 Å². The van der Waals surface area contributed by atoms with Crippen LogP contribution in [0.3, 0.4) is 0 Å². The fourth-order valence-electron chi connectivity index (χ4n) is 3.09.